The topological polar surface area (TPSA) is 44.8 Å². The fourth-order valence-electron chi connectivity index (χ4n) is 4.79. The highest BCUT2D eigenvalue weighted by Crippen LogP contribution is 2.52. The van der Waals surface area contributed by atoms with Crippen molar-refractivity contribution < 1.29 is 18.8 Å². The van der Waals surface area contributed by atoms with Crippen LogP contribution in [0, 0.1) is 0 Å². The van der Waals surface area contributed by atoms with E-state index in [1.165, 1.54) is 0 Å². The van der Waals surface area contributed by atoms with Crippen LogP contribution in [0.5, 0.6) is 0 Å². The number of ether oxygens (including phenoxy) is 3. The van der Waals surface area contributed by atoms with Crippen molar-refractivity contribution in [1.82, 2.24) is 0 Å². The van der Waals surface area contributed by atoms with Gasteiger partial charge in [-0.25, -0.2) is 0 Å². The van der Waals surface area contributed by atoms with Gasteiger partial charge in [0.15, 0.2) is 7.14 Å². The third-order valence-electron chi connectivity index (χ3n) is 6.66. The lowest BCUT2D eigenvalue weighted by molar-refractivity contribution is -0.146. The molecule has 0 amide bonds. The Morgan fingerprint density at radius 3 is 1.56 bits per heavy atom. The van der Waals surface area contributed by atoms with Gasteiger partial charge in [-0.15, -0.1) is 0 Å². The fourth-order valence-corrected chi connectivity index (χ4v) is 8.09. The van der Waals surface area contributed by atoms with E-state index in [2.05, 4.69) is 0 Å². The SMILES string of the molecule is O=P(c1ccccc1)(c1ccccc1)[C@H]1COC[C@@H](OCc2ccccc2)[C@@H]1OCc1ccccc1. The van der Waals surface area contributed by atoms with Crippen LogP contribution in [0.3, 0.4) is 0 Å². The second-order valence-corrected chi connectivity index (χ2v) is 12.0. The van der Waals surface area contributed by atoms with E-state index < -0.39 is 13.2 Å². The second-order valence-electron chi connectivity index (χ2n) is 9.03. The molecule has 5 heteroatoms. The molecule has 0 unspecified atom stereocenters. The molecule has 4 nitrogen and oxygen atoms in total. The van der Waals surface area contributed by atoms with Gasteiger partial charge < -0.3 is 18.8 Å². The molecule has 184 valence electrons. The summed E-state index contributed by atoms with van der Waals surface area (Å²) >= 11 is 0. The van der Waals surface area contributed by atoms with Crippen LogP contribution in [0.1, 0.15) is 11.1 Å². The van der Waals surface area contributed by atoms with Crippen LogP contribution in [0.2, 0.25) is 0 Å². The zero-order chi connectivity index (χ0) is 24.6. The Morgan fingerprint density at radius 2 is 1.06 bits per heavy atom. The normalized spacial score (nSPS) is 20.2. The van der Waals surface area contributed by atoms with Crippen molar-refractivity contribution in [2.24, 2.45) is 0 Å². The van der Waals surface area contributed by atoms with Gasteiger partial charge in [0.05, 0.1) is 38.2 Å². The molecule has 0 radical (unpaired) electrons. The second kappa shape index (κ2) is 11.8. The van der Waals surface area contributed by atoms with Crippen LogP contribution >= 0.6 is 7.14 Å². The summed E-state index contributed by atoms with van der Waals surface area (Å²) in [6, 6.07) is 39.6. The lowest BCUT2D eigenvalue weighted by Gasteiger charge is -2.41. The van der Waals surface area contributed by atoms with Gasteiger partial charge >= 0.3 is 0 Å². The Kier molecular flexibility index (Phi) is 8.10. The van der Waals surface area contributed by atoms with E-state index >= 15 is 4.57 Å². The molecule has 0 aromatic heterocycles. The van der Waals surface area contributed by atoms with Gasteiger partial charge in [0.1, 0.15) is 6.10 Å². The van der Waals surface area contributed by atoms with Crippen LogP contribution in [0.4, 0.5) is 0 Å². The third-order valence-corrected chi connectivity index (χ3v) is 10.2. The quantitative estimate of drug-likeness (QED) is 0.283. The first-order valence-electron chi connectivity index (χ1n) is 12.3. The van der Waals surface area contributed by atoms with E-state index in [-0.39, 0.29) is 11.8 Å². The van der Waals surface area contributed by atoms with Gasteiger partial charge in [0, 0.05) is 10.6 Å². The molecule has 0 saturated carbocycles. The predicted octanol–water partition coefficient (Wildman–Crippen LogP) is 5.57. The Balaban J connectivity index is 1.50. The van der Waals surface area contributed by atoms with Crippen molar-refractivity contribution in [2.75, 3.05) is 13.2 Å². The van der Waals surface area contributed by atoms with Crippen molar-refractivity contribution >= 4 is 17.8 Å². The van der Waals surface area contributed by atoms with Crippen LogP contribution < -0.4 is 10.6 Å². The highest BCUT2D eigenvalue weighted by Gasteiger charge is 2.48. The molecule has 0 aliphatic carbocycles. The Labute approximate surface area is 213 Å². The van der Waals surface area contributed by atoms with E-state index in [9.17, 15) is 0 Å². The molecule has 1 saturated heterocycles. The molecule has 1 heterocycles. The van der Waals surface area contributed by atoms with Gasteiger partial charge in [-0.1, -0.05) is 121 Å². The molecule has 5 rings (SSSR count). The minimum absolute atomic E-state index is 0.339. The summed E-state index contributed by atoms with van der Waals surface area (Å²) in [6.07, 6.45) is -0.762. The van der Waals surface area contributed by atoms with Gasteiger partial charge in [-0.2, -0.15) is 0 Å². The molecule has 0 spiro atoms. The third kappa shape index (κ3) is 5.53. The van der Waals surface area contributed by atoms with Crippen molar-refractivity contribution in [1.29, 1.82) is 0 Å². The van der Waals surface area contributed by atoms with Gasteiger partial charge in [0.25, 0.3) is 0 Å². The fraction of sp³-hybridized carbons (Fsp3) is 0.226. The summed E-state index contributed by atoms with van der Waals surface area (Å²) in [5.41, 5.74) is 1.76. The minimum atomic E-state index is -3.14. The Hall–Kier alpha value is -3.01. The summed E-state index contributed by atoms with van der Waals surface area (Å²) < 4.78 is 34.3. The number of hydrogen-bond acceptors (Lipinski definition) is 4. The first-order chi connectivity index (χ1) is 17.7. The van der Waals surface area contributed by atoms with Crippen LogP contribution in [-0.4, -0.2) is 31.1 Å². The molecule has 3 atom stereocenters. The van der Waals surface area contributed by atoms with E-state index in [4.69, 9.17) is 14.2 Å². The van der Waals surface area contributed by atoms with Crippen LogP contribution in [-0.2, 0) is 32.0 Å². The van der Waals surface area contributed by atoms with Crippen LogP contribution in [0.15, 0.2) is 121 Å². The molecule has 1 aliphatic heterocycles. The van der Waals surface area contributed by atoms with E-state index in [1.807, 2.05) is 121 Å². The van der Waals surface area contributed by atoms with Crippen molar-refractivity contribution in [2.45, 2.75) is 31.1 Å². The van der Waals surface area contributed by atoms with Crippen molar-refractivity contribution in [3.8, 4) is 0 Å². The molecule has 0 bridgehead atoms. The maximum Gasteiger partial charge on any atom is 0.151 e. The van der Waals surface area contributed by atoms with Crippen molar-refractivity contribution in [3.05, 3.63) is 132 Å². The highest BCUT2D eigenvalue weighted by atomic mass is 31.2. The standard InChI is InChI=1S/C31H31O4P/c32-36(27-17-9-3-10-18-27,28-19-11-4-12-20-28)30-24-33-23-29(34-21-25-13-5-1-6-14-25)31(30)35-22-26-15-7-2-8-16-26/h1-20,29-31H,21-24H2/t29-,30+,31+/m1/s1. The van der Waals surface area contributed by atoms with Crippen molar-refractivity contribution in [3.63, 3.8) is 0 Å². The molecule has 1 fully saturated rings. The number of rotatable bonds is 9. The molecule has 4 aromatic carbocycles. The zero-order valence-corrected chi connectivity index (χ0v) is 21.1. The highest BCUT2D eigenvalue weighted by molar-refractivity contribution is 7.79. The summed E-state index contributed by atoms with van der Waals surface area (Å²) in [4.78, 5) is 0. The molecule has 36 heavy (non-hydrogen) atoms. The molecular weight excluding hydrogens is 467 g/mol. The summed E-state index contributed by atoms with van der Waals surface area (Å²) in [7, 11) is -3.14. The smallest absolute Gasteiger partial charge is 0.151 e. The maximum absolute atomic E-state index is 15.2. The molecular formula is C31H31O4P. The molecule has 4 aromatic rings. The van der Waals surface area contributed by atoms with E-state index in [0.29, 0.717) is 26.4 Å². The van der Waals surface area contributed by atoms with Gasteiger partial charge in [0.2, 0.25) is 0 Å². The first kappa shape index (κ1) is 24.7. The van der Waals surface area contributed by atoms with Crippen LogP contribution in [0.25, 0.3) is 0 Å². The maximum atomic E-state index is 15.2. The summed E-state index contributed by atoms with van der Waals surface area (Å²) in [5.74, 6) is 0. The minimum Gasteiger partial charge on any atom is -0.378 e. The zero-order valence-electron chi connectivity index (χ0n) is 20.2. The first-order valence-corrected chi connectivity index (χ1v) is 14.1. The lowest BCUT2D eigenvalue weighted by atomic mass is 10.1. The molecule has 0 N–H and O–H groups in total. The average Bonchev–Trinajstić information content (AvgIpc) is 2.96. The lowest BCUT2D eigenvalue weighted by Crippen LogP contribution is -2.52. The van der Waals surface area contributed by atoms with Gasteiger partial charge in [-0.05, 0) is 11.1 Å². The van der Waals surface area contributed by atoms with E-state index in [0.717, 1.165) is 21.7 Å². The summed E-state index contributed by atoms with van der Waals surface area (Å²) in [6.45, 7) is 1.59. The monoisotopic (exact) mass is 498 g/mol. The van der Waals surface area contributed by atoms with Gasteiger partial charge in [-0.3, -0.25) is 0 Å². The predicted molar refractivity (Wildman–Crippen MR) is 144 cm³/mol. The van der Waals surface area contributed by atoms with E-state index in [1.54, 1.807) is 0 Å². The Bertz CT molecular complexity index is 1210. The largest absolute Gasteiger partial charge is 0.378 e. The Morgan fingerprint density at radius 1 is 0.611 bits per heavy atom. The average molecular weight is 499 g/mol. The summed E-state index contributed by atoms with van der Waals surface area (Å²) in [5, 5.41) is 1.61. The molecule has 1 aliphatic rings. The number of benzene rings is 4. The number of hydrogen-bond donors (Lipinski definition) is 0.